The van der Waals surface area contributed by atoms with Crippen LogP contribution in [0.5, 0.6) is 0 Å². The Morgan fingerprint density at radius 1 is 1.24 bits per heavy atom. The molecule has 1 N–H and O–H groups in total. The molecule has 0 amide bonds. The lowest BCUT2D eigenvalue weighted by molar-refractivity contribution is -0.140. The van der Waals surface area contributed by atoms with Crippen LogP contribution < -0.4 is 0 Å². The van der Waals surface area contributed by atoms with E-state index in [0.29, 0.717) is 18.6 Å². The Morgan fingerprint density at radius 3 is 2.71 bits per heavy atom. The van der Waals surface area contributed by atoms with Gasteiger partial charge in [0.05, 0.1) is 13.2 Å². The molecule has 0 aliphatic carbocycles. The summed E-state index contributed by atoms with van der Waals surface area (Å²) in [6, 6.07) is 0.0873. The smallest absolute Gasteiger partial charge is 0.305 e. The highest BCUT2D eigenvalue weighted by Gasteiger charge is 2.30. The summed E-state index contributed by atoms with van der Waals surface area (Å²) in [5.74, 6) is 0.226. The minimum Gasteiger partial charge on any atom is -0.469 e. The third-order valence-corrected chi connectivity index (χ3v) is 4.15. The molecule has 0 bridgehead atoms. The highest BCUT2D eigenvalue weighted by Crippen LogP contribution is 2.20. The van der Waals surface area contributed by atoms with Gasteiger partial charge in [-0.1, -0.05) is 19.3 Å². The number of ketones is 1. The molecule has 1 atom stereocenters. The Hall–Kier alpha value is -0.940. The third kappa shape index (κ3) is 7.05. The molecule has 0 aromatic carbocycles. The molecule has 1 aliphatic heterocycles. The lowest BCUT2D eigenvalue weighted by atomic mass is 10.0. The van der Waals surface area contributed by atoms with Crippen molar-refractivity contribution in [3.63, 3.8) is 0 Å². The van der Waals surface area contributed by atoms with Crippen LogP contribution in [0, 0.1) is 0 Å². The molecule has 1 saturated heterocycles. The van der Waals surface area contributed by atoms with Gasteiger partial charge in [-0.2, -0.15) is 0 Å². The number of methoxy groups -OCH3 is 1. The van der Waals surface area contributed by atoms with E-state index in [4.69, 9.17) is 5.11 Å². The first-order valence-electron chi connectivity index (χ1n) is 8.13. The van der Waals surface area contributed by atoms with E-state index in [-0.39, 0.29) is 18.6 Å². The standard InChI is InChI=1S/C16H29NO4/c1-21-16(20)9-5-3-2-4-8-14-15(19)10-12-17(14)11-6-7-13-18/h14,18H,2-13H2,1H3/t14-/m0/s1. The van der Waals surface area contributed by atoms with Crippen LogP contribution in [0.25, 0.3) is 0 Å². The number of likely N-dealkylation sites (tertiary alicyclic amines) is 1. The molecule has 0 unspecified atom stereocenters. The monoisotopic (exact) mass is 299 g/mol. The van der Waals surface area contributed by atoms with Crippen LogP contribution in [0.2, 0.25) is 0 Å². The zero-order chi connectivity index (χ0) is 15.5. The van der Waals surface area contributed by atoms with Crippen LogP contribution in [0.3, 0.4) is 0 Å². The molecular weight excluding hydrogens is 270 g/mol. The van der Waals surface area contributed by atoms with Crippen molar-refractivity contribution in [2.45, 2.75) is 63.8 Å². The fraction of sp³-hybridized carbons (Fsp3) is 0.875. The number of rotatable bonds is 11. The van der Waals surface area contributed by atoms with Crippen molar-refractivity contribution in [3.05, 3.63) is 0 Å². The first-order chi connectivity index (χ1) is 10.2. The molecule has 0 spiro atoms. The quantitative estimate of drug-likeness (QED) is 0.466. The van der Waals surface area contributed by atoms with Gasteiger partial charge in [0, 0.05) is 26.0 Å². The molecule has 5 nitrogen and oxygen atoms in total. The number of hydrogen-bond acceptors (Lipinski definition) is 5. The summed E-state index contributed by atoms with van der Waals surface area (Å²) in [5, 5.41) is 8.82. The topological polar surface area (TPSA) is 66.8 Å². The average molecular weight is 299 g/mol. The average Bonchev–Trinajstić information content (AvgIpc) is 2.83. The van der Waals surface area contributed by atoms with E-state index in [1.807, 2.05) is 0 Å². The predicted octanol–water partition coefficient (Wildman–Crippen LogP) is 1.92. The molecule has 1 aliphatic rings. The molecule has 1 rings (SSSR count). The van der Waals surface area contributed by atoms with Crippen LogP contribution in [0.1, 0.15) is 57.8 Å². The Morgan fingerprint density at radius 2 is 2.00 bits per heavy atom. The molecule has 0 radical (unpaired) electrons. The van der Waals surface area contributed by atoms with Gasteiger partial charge < -0.3 is 9.84 Å². The number of nitrogens with zero attached hydrogens (tertiary/aromatic N) is 1. The van der Waals surface area contributed by atoms with E-state index < -0.39 is 0 Å². The highest BCUT2D eigenvalue weighted by molar-refractivity contribution is 5.86. The minimum absolute atomic E-state index is 0.0873. The summed E-state index contributed by atoms with van der Waals surface area (Å²) in [6.45, 7) is 2.02. The summed E-state index contributed by atoms with van der Waals surface area (Å²) in [7, 11) is 1.42. The van der Waals surface area contributed by atoms with Gasteiger partial charge in [0.1, 0.15) is 0 Å². The van der Waals surface area contributed by atoms with Crippen LogP contribution in [-0.4, -0.2) is 54.6 Å². The van der Waals surface area contributed by atoms with Crippen molar-refractivity contribution in [1.29, 1.82) is 0 Å². The SMILES string of the molecule is COC(=O)CCCCCC[C@H]1C(=O)CCN1CCCCO. The summed E-state index contributed by atoms with van der Waals surface area (Å²) < 4.78 is 4.60. The van der Waals surface area contributed by atoms with E-state index in [9.17, 15) is 9.59 Å². The number of hydrogen-bond donors (Lipinski definition) is 1. The third-order valence-electron chi connectivity index (χ3n) is 4.15. The summed E-state index contributed by atoms with van der Waals surface area (Å²) in [4.78, 5) is 25.2. The van der Waals surface area contributed by atoms with E-state index >= 15 is 0 Å². The summed E-state index contributed by atoms with van der Waals surface area (Å²) >= 11 is 0. The molecule has 21 heavy (non-hydrogen) atoms. The van der Waals surface area contributed by atoms with Gasteiger partial charge >= 0.3 is 5.97 Å². The van der Waals surface area contributed by atoms with Crippen molar-refractivity contribution in [2.24, 2.45) is 0 Å². The van der Waals surface area contributed by atoms with Crippen molar-refractivity contribution in [1.82, 2.24) is 4.90 Å². The zero-order valence-corrected chi connectivity index (χ0v) is 13.2. The minimum atomic E-state index is -0.143. The molecule has 1 fully saturated rings. The Labute approximate surface area is 127 Å². The molecule has 0 saturated carbocycles. The van der Waals surface area contributed by atoms with Gasteiger partial charge in [0.15, 0.2) is 5.78 Å². The fourth-order valence-corrected chi connectivity index (χ4v) is 2.88. The number of ether oxygens (including phenoxy) is 1. The molecular formula is C16H29NO4. The number of aliphatic hydroxyl groups is 1. The van der Waals surface area contributed by atoms with Crippen molar-refractivity contribution < 1.29 is 19.4 Å². The van der Waals surface area contributed by atoms with Crippen LogP contribution >= 0.6 is 0 Å². The van der Waals surface area contributed by atoms with Crippen molar-refractivity contribution in [3.8, 4) is 0 Å². The lowest BCUT2D eigenvalue weighted by Crippen LogP contribution is -2.33. The van der Waals surface area contributed by atoms with Crippen molar-refractivity contribution in [2.75, 3.05) is 26.8 Å². The van der Waals surface area contributed by atoms with Crippen LogP contribution in [-0.2, 0) is 14.3 Å². The first kappa shape index (κ1) is 18.1. The number of unbranched alkanes of at least 4 members (excludes halogenated alkanes) is 4. The van der Waals surface area contributed by atoms with Gasteiger partial charge in [-0.05, 0) is 32.2 Å². The van der Waals surface area contributed by atoms with E-state index in [1.54, 1.807) is 0 Å². The largest absolute Gasteiger partial charge is 0.469 e. The normalized spacial score (nSPS) is 19.1. The number of Topliss-reactive ketones (excluding diaryl/α,β-unsaturated/α-hetero) is 1. The highest BCUT2D eigenvalue weighted by atomic mass is 16.5. The maximum absolute atomic E-state index is 11.9. The Bertz CT molecular complexity index is 319. The number of esters is 1. The van der Waals surface area contributed by atoms with E-state index in [0.717, 1.165) is 58.0 Å². The Balaban J connectivity index is 2.13. The van der Waals surface area contributed by atoms with Crippen molar-refractivity contribution >= 4 is 11.8 Å². The zero-order valence-electron chi connectivity index (χ0n) is 13.2. The second-order valence-electron chi connectivity index (χ2n) is 5.73. The molecule has 0 aromatic heterocycles. The number of carbonyl (C=O) groups excluding carboxylic acids is 2. The maximum atomic E-state index is 11.9. The van der Waals surface area contributed by atoms with Gasteiger partial charge in [0.2, 0.25) is 0 Å². The van der Waals surface area contributed by atoms with E-state index in [2.05, 4.69) is 9.64 Å². The predicted molar refractivity (Wildman–Crippen MR) is 81.0 cm³/mol. The second-order valence-corrected chi connectivity index (χ2v) is 5.73. The lowest BCUT2D eigenvalue weighted by Gasteiger charge is -2.22. The molecule has 1 heterocycles. The maximum Gasteiger partial charge on any atom is 0.305 e. The second kappa shape index (κ2) is 10.7. The molecule has 122 valence electrons. The summed E-state index contributed by atoms with van der Waals surface area (Å²) in [5.41, 5.74) is 0. The Kier molecular flexibility index (Phi) is 9.26. The van der Waals surface area contributed by atoms with Gasteiger partial charge in [-0.15, -0.1) is 0 Å². The van der Waals surface area contributed by atoms with Gasteiger partial charge in [-0.3, -0.25) is 14.5 Å². The van der Waals surface area contributed by atoms with Gasteiger partial charge in [-0.25, -0.2) is 0 Å². The van der Waals surface area contributed by atoms with Crippen LogP contribution in [0.4, 0.5) is 0 Å². The van der Waals surface area contributed by atoms with Gasteiger partial charge in [0.25, 0.3) is 0 Å². The fourth-order valence-electron chi connectivity index (χ4n) is 2.88. The van der Waals surface area contributed by atoms with Crippen LogP contribution in [0.15, 0.2) is 0 Å². The number of aliphatic hydroxyl groups excluding tert-OH is 1. The molecule has 0 aromatic rings. The summed E-state index contributed by atoms with van der Waals surface area (Å²) in [6.07, 6.45) is 7.84. The van der Waals surface area contributed by atoms with E-state index in [1.165, 1.54) is 7.11 Å². The first-order valence-corrected chi connectivity index (χ1v) is 8.13. The molecule has 5 heteroatoms. The number of carbonyl (C=O) groups is 2.